The van der Waals surface area contributed by atoms with Gasteiger partial charge in [0.1, 0.15) is 10.8 Å². The molecular weight excluding hydrogens is 442 g/mol. The standard InChI is InChI=1S/C18H17BrClNO4S/c1-2-25-17(22)18(21)15(11-3-5-12(19)6-4-11)16(18)26(23,24)14-9-7-13(20)8-10-14/h3-10,15-16H,2,21H2,1H3/t15-,16-,18-/m0/s1. The van der Waals surface area contributed by atoms with Gasteiger partial charge in [-0.3, -0.25) is 0 Å². The topological polar surface area (TPSA) is 86.5 Å². The van der Waals surface area contributed by atoms with E-state index in [9.17, 15) is 13.2 Å². The van der Waals surface area contributed by atoms with E-state index in [0.717, 1.165) is 4.47 Å². The molecule has 5 nitrogen and oxygen atoms in total. The first-order valence-electron chi connectivity index (χ1n) is 7.94. The highest BCUT2D eigenvalue weighted by atomic mass is 79.9. The molecule has 1 aliphatic rings. The summed E-state index contributed by atoms with van der Waals surface area (Å²) in [5.41, 5.74) is 5.35. The molecule has 0 bridgehead atoms. The van der Waals surface area contributed by atoms with E-state index in [4.69, 9.17) is 22.1 Å². The molecule has 8 heteroatoms. The van der Waals surface area contributed by atoms with E-state index >= 15 is 0 Å². The van der Waals surface area contributed by atoms with E-state index < -0.39 is 32.5 Å². The number of rotatable bonds is 5. The normalized spacial score (nSPS) is 24.9. The highest BCUT2D eigenvalue weighted by molar-refractivity contribution is 9.10. The molecule has 0 unspecified atom stereocenters. The highest BCUT2D eigenvalue weighted by Gasteiger charge is 2.74. The third kappa shape index (κ3) is 3.17. The van der Waals surface area contributed by atoms with E-state index in [-0.39, 0.29) is 11.5 Å². The van der Waals surface area contributed by atoms with Gasteiger partial charge in [-0.2, -0.15) is 0 Å². The number of sulfone groups is 1. The van der Waals surface area contributed by atoms with Gasteiger partial charge in [0.25, 0.3) is 0 Å². The van der Waals surface area contributed by atoms with Crippen molar-refractivity contribution >= 4 is 43.3 Å². The fourth-order valence-electron chi connectivity index (χ4n) is 3.20. The maximum absolute atomic E-state index is 13.1. The fraction of sp³-hybridized carbons (Fsp3) is 0.278. The van der Waals surface area contributed by atoms with Crippen LogP contribution < -0.4 is 5.73 Å². The number of halogens is 2. The summed E-state index contributed by atoms with van der Waals surface area (Å²) in [5, 5.41) is -0.676. The number of ether oxygens (including phenoxy) is 1. The van der Waals surface area contributed by atoms with Crippen LogP contribution in [0.2, 0.25) is 5.02 Å². The van der Waals surface area contributed by atoms with Crippen LogP contribution in [0.1, 0.15) is 18.4 Å². The van der Waals surface area contributed by atoms with Gasteiger partial charge in [0.05, 0.1) is 11.5 Å². The summed E-state index contributed by atoms with van der Waals surface area (Å²) >= 11 is 9.19. The number of nitrogens with two attached hydrogens (primary N) is 1. The minimum atomic E-state index is -3.86. The molecule has 0 saturated heterocycles. The average Bonchev–Trinajstić information content (AvgIpc) is 3.25. The first kappa shape index (κ1) is 19.4. The predicted molar refractivity (Wildman–Crippen MR) is 103 cm³/mol. The summed E-state index contributed by atoms with van der Waals surface area (Å²) in [7, 11) is -3.86. The Morgan fingerprint density at radius 2 is 1.77 bits per heavy atom. The molecule has 2 N–H and O–H groups in total. The highest BCUT2D eigenvalue weighted by Crippen LogP contribution is 2.56. The smallest absolute Gasteiger partial charge is 0.328 e. The number of esters is 1. The Balaban J connectivity index is 2.06. The van der Waals surface area contributed by atoms with Crippen molar-refractivity contribution in [1.29, 1.82) is 0 Å². The van der Waals surface area contributed by atoms with Crippen molar-refractivity contribution in [2.45, 2.75) is 28.5 Å². The molecular formula is C18H17BrClNO4S. The van der Waals surface area contributed by atoms with Gasteiger partial charge in [0, 0.05) is 15.4 Å². The van der Waals surface area contributed by atoms with Crippen molar-refractivity contribution in [3.63, 3.8) is 0 Å². The molecule has 0 aromatic heterocycles. The number of carbonyl (C=O) groups excluding carboxylic acids is 1. The maximum atomic E-state index is 13.1. The Morgan fingerprint density at radius 1 is 1.19 bits per heavy atom. The Kier molecular flexibility index (Phi) is 5.18. The Bertz CT molecular complexity index is 931. The zero-order chi connectivity index (χ0) is 19.1. The van der Waals surface area contributed by atoms with E-state index in [1.807, 2.05) is 0 Å². The molecule has 0 heterocycles. The van der Waals surface area contributed by atoms with Crippen LogP contribution in [0.25, 0.3) is 0 Å². The van der Waals surface area contributed by atoms with Gasteiger partial charge >= 0.3 is 5.97 Å². The van der Waals surface area contributed by atoms with Gasteiger partial charge in [-0.1, -0.05) is 39.7 Å². The second kappa shape index (κ2) is 6.96. The lowest BCUT2D eigenvalue weighted by Gasteiger charge is -2.11. The molecule has 1 saturated carbocycles. The number of hydrogen-bond donors (Lipinski definition) is 1. The summed E-state index contributed by atoms with van der Waals surface area (Å²) in [6, 6.07) is 12.9. The van der Waals surface area contributed by atoms with Crippen molar-refractivity contribution in [2.24, 2.45) is 5.73 Å². The molecule has 1 aliphatic carbocycles. The third-order valence-electron chi connectivity index (χ3n) is 4.51. The lowest BCUT2D eigenvalue weighted by molar-refractivity contribution is -0.145. The Hall–Kier alpha value is -1.41. The van der Waals surface area contributed by atoms with Crippen LogP contribution in [0.3, 0.4) is 0 Å². The molecule has 2 aromatic carbocycles. The second-order valence-electron chi connectivity index (χ2n) is 6.10. The van der Waals surface area contributed by atoms with Crippen molar-refractivity contribution in [3.8, 4) is 0 Å². The molecule has 1 fully saturated rings. The minimum absolute atomic E-state index is 0.0747. The van der Waals surface area contributed by atoms with Crippen LogP contribution in [-0.4, -0.2) is 31.8 Å². The summed E-state index contributed by atoms with van der Waals surface area (Å²) < 4.78 is 32.2. The lowest BCUT2D eigenvalue weighted by Crippen LogP contribution is -2.41. The number of carbonyl (C=O) groups is 1. The molecule has 3 rings (SSSR count). The minimum Gasteiger partial charge on any atom is -0.465 e. The molecule has 2 aromatic rings. The molecule has 3 atom stereocenters. The summed E-state index contributed by atoms with van der Waals surface area (Å²) in [6.07, 6.45) is 0. The van der Waals surface area contributed by atoms with Crippen LogP contribution >= 0.6 is 27.5 Å². The van der Waals surface area contributed by atoms with Crippen molar-refractivity contribution in [2.75, 3.05) is 6.61 Å². The SMILES string of the molecule is CCOC(=O)[C@]1(N)[C@@H](c2ccc(Br)cc2)[C@@H]1S(=O)(=O)c1ccc(Cl)cc1. The zero-order valence-electron chi connectivity index (χ0n) is 13.9. The molecule has 26 heavy (non-hydrogen) atoms. The Morgan fingerprint density at radius 3 is 2.31 bits per heavy atom. The molecule has 138 valence electrons. The molecule has 0 amide bonds. The van der Waals surface area contributed by atoms with Gasteiger partial charge in [-0.05, 0) is 48.9 Å². The van der Waals surface area contributed by atoms with Crippen LogP contribution in [0.4, 0.5) is 0 Å². The quantitative estimate of drug-likeness (QED) is 0.695. The van der Waals surface area contributed by atoms with Gasteiger partial charge in [0.15, 0.2) is 9.84 Å². The van der Waals surface area contributed by atoms with Gasteiger partial charge in [-0.25, -0.2) is 13.2 Å². The number of benzene rings is 2. The molecule has 0 spiro atoms. The molecule has 0 aliphatic heterocycles. The fourth-order valence-corrected chi connectivity index (χ4v) is 5.82. The van der Waals surface area contributed by atoms with Crippen LogP contribution in [0, 0.1) is 0 Å². The summed E-state index contributed by atoms with van der Waals surface area (Å²) in [4.78, 5) is 12.6. The van der Waals surface area contributed by atoms with Crippen molar-refractivity contribution in [3.05, 3.63) is 63.6 Å². The van der Waals surface area contributed by atoms with E-state index in [0.29, 0.717) is 10.6 Å². The van der Waals surface area contributed by atoms with Gasteiger partial charge in [0.2, 0.25) is 0 Å². The average molecular weight is 459 g/mol. The summed E-state index contributed by atoms with van der Waals surface area (Å²) in [6.45, 7) is 1.78. The zero-order valence-corrected chi connectivity index (χ0v) is 17.0. The Labute approximate surface area is 165 Å². The monoisotopic (exact) mass is 457 g/mol. The predicted octanol–water partition coefficient (Wildman–Crippen LogP) is 3.30. The van der Waals surface area contributed by atoms with Gasteiger partial charge in [-0.15, -0.1) is 0 Å². The maximum Gasteiger partial charge on any atom is 0.328 e. The van der Waals surface area contributed by atoms with Crippen molar-refractivity contribution < 1.29 is 17.9 Å². The second-order valence-corrected chi connectivity index (χ2v) is 9.52. The number of hydrogen-bond acceptors (Lipinski definition) is 5. The van der Waals surface area contributed by atoms with Gasteiger partial charge < -0.3 is 10.5 Å². The molecule has 0 radical (unpaired) electrons. The van der Waals surface area contributed by atoms with E-state index in [2.05, 4.69) is 15.9 Å². The largest absolute Gasteiger partial charge is 0.465 e. The van der Waals surface area contributed by atoms with Crippen LogP contribution in [0.15, 0.2) is 57.9 Å². The summed E-state index contributed by atoms with van der Waals surface area (Å²) in [5.74, 6) is -1.40. The first-order chi connectivity index (χ1) is 12.2. The van der Waals surface area contributed by atoms with E-state index in [1.165, 1.54) is 24.3 Å². The first-order valence-corrected chi connectivity index (χ1v) is 10.7. The van der Waals surface area contributed by atoms with Crippen LogP contribution in [0.5, 0.6) is 0 Å². The third-order valence-corrected chi connectivity index (χ3v) is 7.55. The van der Waals surface area contributed by atoms with Crippen LogP contribution in [-0.2, 0) is 19.4 Å². The lowest BCUT2D eigenvalue weighted by atomic mass is 10.1. The van der Waals surface area contributed by atoms with Crippen molar-refractivity contribution in [1.82, 2.24) is 0 Å². The van der Waals surface area contributed by atoms with E-state index in [1.54, 1.807) is 31.2 Å².